The van der Waals surface area contributed by atoms with E-state index in [0.29, 0.717) is 12.3 Å². The summed E-state index contributed by atoms with van der Waals surface area (Å²) in [5, 5.41) is 8.10. The smallest absolute Gasteiger partial charge is 0.301 e. The van der Waals surface area contributed by atoms with E-state index in [1.54, 1.807) is 0 Å². The first-order valence-electron chi connectivity index (χ1n) is 3.32. The number of rotatable bonds is 2. The minimum atomic E-state index is -0.477. The Labute approximate surface area is 68.6 Å². The van der Waals surface area contributed by atoms with Crippen LogP contribution in [-0.2, 0) is 9.59 Å². The molecule has 1 fully saturated rings. The lowest BCUT2D eigenvalue weighted by molar-refractivity contribution is -0.141. The molecular formula is C6H9NO3S. The van der Waals surface area contributed by atoms with Crippen molar-refractivity contribution in [2.24, 2.45) is 0 Å². The minimum absolute atomic E-state index is 0.0797. The molecule has 0 bridgehead atoms. The van der Waals surface area contributed by atoms with E-state index in [1.807, 2.05) is 0 Å². The van der Waals surface area contributed by atoms with Gasteiger partial charge in [-0.25, -0.2) is 0 Å². The average Bonchev–Trinajstić information content (AvgIpc) is 1.99. The molecule has 0 aromatic carbocycles. The fourth-order valence-electron chi connectivity index (χ4n) is 0.875. The van der Waals surface area contributed by atoms with Crippen molar-refractivity contribution in [1.82, 2.24) is 4.90 Å². The number of β-amino-alcohol motifs (C(OH)–C–C–N with tert-alkyl or cyclic N) is 1. The van der Waals surface area contributed by atoms with Crippen molar-refractivity contribution in [1.29, 1.82) is 0 Å². The Morgan fingerprint density at radius 3 is 2.91 bits per heavy atom. The van der Waals surface area contributed by atoms with Gasteiger partial charge in [0.05, 0.1) is 6.61 Å². The maximum absolute atomic E-state index is 11.0. The summed E-state index contributed by atoms with van der Waals surface area (Å²) >= 11 is 1.04. The summed E-state index contributed by atoms with van der Waals surface area (Å²) in [7, 11) is 0. The zero-order chi connectivity index (χ0) is 8.27. The van der Waals surface area contributed by atoms with Gasteiger partial charge in [-0.1, -0.05) is 11.8 Å². The topological polar surface area (TPSA) is 57.6 Å². The van der Waals surface area contributed by atoms with Gasteiger partial charge in [0.15, 0.2) is 0 Å². The van der Waals surface area contributed by atoms with Gasteiger partial charge in [0.2, 0.25) is 0 Å². The molecule has 1 amide bonds. The molecule has 0 aliphatic carbocycles. The largest absolute Gasteiger partial charge is 0.395 e. The monoisotopic (exact) mass is 175 g/mol. The van der Waals surface area contributed by atoms with Crippen LogP contribution in [0.4, 0.5) is 0 Å². The van der Waals surface area contributed by atoms with Crippen LogP contribution in [-0.4, -0.2) is 46.5 Å². The van der Waals surface area contributed by atoms with Crippen molar-refractivity contribution >= 4 is 22.8 Å². The van der Waals surface area contributed by atoms with Crippen molar-refractivity contribution in [3.8, 4) is 0 Å². The van der Waals surface area contributed by atoms with E-state index in [-0.39, 0.29) is 13.2 Å². The van der Waals surface area contributed by atoms with E-state index in [1.165, 1.54) is 4.90 Å². The quantitative estimate of drug-likeness (QED) is 0.551. The van der Waals surface area contributed by atoms with Gasteiger partial charge in [-0.3, -0.25) is 9.59 Å². The SMILES string of the molecule is O=C1SCCN(CCO)C1=O. The Bertz CT molecular complexity index is 181. The first kappa shape index (κ1) is 8.55. The molecule has 0 unspecified atom stereocenters. The molecule has 1 aliphatic heterocycles. The van der Waals surface area contributed by atoms with Crippen LogP contribution in [0.2, 0.25) is 0 Å². The Morgan fingerprint density at radius 1 is 1.55 bits per heavy atom. The van der Waals surface area contributed by atoms with Crippen molar-refractivity contribution in [2.45, 2.75) is 0 Å². The lowest BCUT2D eigenvalue weighted by Crippen LogP contribution is -2.42. The first-order chi connectivity index (χ1) is 5.25. The second kappa shape index (κ2) is 3.73. The molecule has 1 N–H and O–H groups in total. The Morgan fingerprint density at radius 2 is 2.27 bits per heavy atom. The summed E-state index contributed by atoms with van der Waals surface area (Å²) < 4.78 is 0. The molecule has 1 rings (SSSR count). The third-order valence-electron chi connectivity index (χ3n) is 1.43. The molecule has 62 valence electrons. The molecule has 5 heteroatoms. The van der Waals surface area contributed by atoms with Gasteiger partial charge < -0.3 is 10.0 Å². The predicted octanol–water partition coefficient (Wildman–Crippen LogP) is -0.919. The van der Waals surface area contributed by atoms with Gasteiger partial charge >= 0.3 is 5.91 Å². The standard InChI is InChI=1S/C6H9NO3S/c8-3-1-7-2-4-11-6(10)5(7)9/h8H,1-4H2. The number of thioether (sulfide) groups is 1. The minimum Gasteiger partial charge on any atom is -0.395 e. The third kappa shape index (κ3) is 1.94. The van der Waals surface area contributed by atoms with Gasteiger partial charge in [-0.2, -0.15) is 0 Å². The van der Waals surface area contributed by atoms with Crippen LogP contribution in [0, 0.1) is 0 Å². The van der Waals surface area contributed by atoms with Crippen LogP contribution in [0.15, 0.2) is 0 Å². The second-order valence-electron chi connectivity index (χ2n) is 2.15. The summed E-state index contributed by atoms with van der Waals surface area (Å²) in [6, 6.07) is 0. The summed E-state index contributed by atoms with van der Waals surface area (Å²) in [4.78, 5) is 23.1. The van der Waals surface area contributed by atoms with Gasteiger partial charge in [0.25, 0.3) is 5.12 Å². The van der Waals surface area contributed by atoms with E-state index in [2.05, 4.69) is 0 Å². The maximum atomic E-state index is 11.0. The predicted molar refractivity (Wildman–Crippen MR) is 41.1 cm³/mol. The van der Waals surface area contributed by atoms with Crippen LogP contribution in [0.25, 0.3) is 0 Å². The number of amides is 1. The Balaban J connectivity index is 2.51. The van der Waals surface area contributed by atoms with Gasteiger partial charge in [-0.05, 0) is 0 Å². The fraction of sp³-hybridized carbons (Fsp3) is 0.667. The highest BCUT2D eigenvalue weighted by Gasteiger charge is 2.25. The number of carbonyl (C=O) groups excluding carboxylic acids is 2. The van der Waals surface area contributed by atoms with E-state index >= 15 is 0 Å². The molecule has 0 saturated carbocycles. The number of nitrogens with zero attached hydrogens (tertiary/aromatic N) is 1. The van der Waals surface area contributed by atoms with Crippen molar-refractivity contribution in [2.75, 3.05) is 25.4 Å². The van der Waals surface area contributed by atoms with Crippen LogP contribution in [0.1, 0.15) is 0 Å². The zero-order valence-corrected chi connectivity index (χ0v) is 6.76. The molecular weight excluding hydrogens is 166 g/mol. The third-order valence-corrected chi connectivity index (χ3v) is 2.25. The first-order valence-corrected chi connectivity index (χ1v) is 4.31. The molecule has 11 heavy (non-hydrogen) atoms. The summed E-state index contributed by atoms with van der Waals surface area (Å²) in [5.74, 6) is 0.167. The van der Waals surface area contributed by atoms with Crippen molar-refractivity contribution in [3.05, 3.63) is 0 Å². The number of hydrogen-bond acceptors (Lipinski definition) is 4. The second-order valence-corrected chi connectivity index (χ2v) is 3.22. The number of aliphatic hydroxyl groups is 1. The molecule has 4 nitrogen and oxygen atoms in total. The van der Waals surface area contributed by atoms with E-state index < -0.39 is 11.0 Å². The molecule has 1 saturated heterocycles. The highest BCUT2D eigenvalue weighted by molar-refractivity contribution is 8.15. The number of aliphatic hydroxyl groups excluding tert-OH is 1. The van der Waals surface area contributed by atoms with Crippen LogP contribution < -0.4 is 0 Å². The molecule has 0 spiro atoms. The van der Waals surface area contributed by atoms with E-state index in [9.17, 15) is 9.59 Å². The fourth-order valence-corrected chi connectivity index (χ4v) is 1.62. The molecule has 0 aromatic rings. The average molecular weight is 175 g/mol. The normalized spacial score (nSPS) is 19.2. The van der Waals surface area contributed by atoms with Crippen LogP contribution >= 0.6 is 11.8 Å². The highest BCUT2D eigenvalue weighted by Crippen LogP contribution is 2.11. The molecule has 0 radical (unpaired) electrons. The number of carbonyl (C=O) groups is 2. The lowest BCUT2D eigenvalue weighted by atomic mass is 10.4. The Hall–Kier alpha value is -0.550. The van der Waals surface area contributed by atoms with Crippen molar-refractivity contribution in [3.63, 3.8) is 0 Å². The molecule has 0 atom stereocenters. The van der Waals surface area contributed by atoms with E-state index in [4.69, 9.17) is 5.11 Å². The molecule has 1 aliphatic rings. The highest BCUT2D eigenvalue weighted by atomic mass is 32.2. The van der Waals surface area contributed by atoms with Crippen molar-refractivity contribution < 1.29 is 14.7 Å². The lowest BCUT2D eigenvalue weighted by Gasteiger charge is -2.23. The van der Waals surface area contributed by atoms with Gasteiger partial charge in [0, 0.05) is 18.8 Å². The number of hydrogen-bond donors (Lipinski definition) is 1. The summed E-state index contributed by atoms with van der Waals surface area (Å²) in [5.41, 5.74) is 0. The maximum Gasteiger partial charge on any atom is 0.301 e. The van der Waals surface area contributed by atoms with Crippen LogP contribution in [0.3, 0.4) is 0 Å². The van der Waals surface area contributed by atoms with Crippen LogP contribution in [0.5, 0.6) is 0 Å². The zero-order valence-electron chi connectivity index (χ0n) is 5.95. The summed E-state index contributed by atoms with van der Waals surface area (Å²) in [6.45, 7) is 0.755. The van der Waals surface area contributed by atoms with Gasteiger partial charge in [-0.15, -0.1) is 0 Å². The summed E-state index contributed by atoms with van der Waals surface area (Å²) in [6.07, 6.45) is 0. The Kier molecular flexibility index (Phi) is 2.90. The molecule has 0 aromatic heterocycles. The van der Waals surface area contributed by atoms with E-state index in [0.717, 1.165) is 11.8 Å². The molecule has 1 heterocycles. The van der Waals surface area contributed by atoms with Gasteiger partial charge in [0.1, 0.15) is 0 Å².